The summed E-state index contributed by atoms with van der Waals surface area (Å²) in [4.78, 5) is 16.7. The highest BCUT2D eigenvalue weighted by Gasteiger charge is 2.39. The summed E-state index contributed by atoms with van der Waals surface area (Å²) in [6.07, 6.45) is 4.18. The molecule has 1 aliphatic carbocycles. The Balaban J connectivity index is 2.36. The van der Waals surface area contributed by atoms with E-state index in [9.17, 15) is 4.79 Å². The Kier molecular flexibility index (Phi) is 7.63. The summed E-state index contributed by atoms with van der Waals surface area (Å²) in [5, 5.41) is 3.47. The SMILES string of the molecule is CCOC(=O)C(C)(CCCN(C)CCN(C)C)NC1CC1. The van der Waals surface area contributed by atoms with Crippen LogP contribution in [0.3, 0.4) is 0 Å². The summed E-state index contributed by atoms with van der Waals surface area (Å²) in [7, 11) is 6.32. The number of carbonyl (C=O) groups is 1. The lowest BCUT2D eigenvalue weighted by Crippen LogP contribution is -2.51. The van der Waals surface area contributed by atoms with Crippen molar-refractivity contribution in [2.45, 2.75) is 51.1 Å². The van der Waals surface area contributed by atoms with E-state index in [2.05, 4.69) is 36.3 Å². The van der Waals surface area contributed by atoms with Crippen molar-refractivity contribution in [3.63, 3.8) is 0 Å². The lowest BCUT2D eigenvalue weighted by atomic mass is 9.95. The fourth-order valence-electron chi connectivity index (χ4n) is 2.39. The van der Waals surface area contributed by atoms with E-state index in [-0.39, 0.29) is 5.97 Å². The van der Waals surface area contributed by atoms with E-state index in [0.29, 0.717) is 12.6 Å². The summed E-state index contributed by atoms with van der Waals surface area (Å²) in [6, 6.07) is 0.505. The molecule has 1 saturated carbocycles. The van der Waals surface area contributed by atoms with Crippen molar-refractivity contribution in [1.29, 1.82) is 0 Å². The number of rotatable bonds is 11. The predicted octanol–water partition coefficient (Wildman–Crippen LogP) is 1.33. The predicted molar refractivity (Wildman–Crippen MR) is 86.5 cm³/mol. The summed E-state index contributed by atoms with van der Waals surface area (Å²) in [5.41, 5.74) is -0.528. The second kappa shape index (κ2) is 8.71. The first-order valence-corrected chi connectivity index (χ1v) is 8.15. The van der Waals surface area contributed by atoms with Gasteiger partial charge in [-0.05, 0) is 67.2 Å². The van der Waals surface area contributed by atoms with Crippen LogP contribution >= 0.6 is 0 Å². The molecule has 124 valence electrons. The molecule has 0 aromatic rings. The Hall–Kier alpha value is -0.650. The lowest BCUT2D eigenvalue weighted by Gasteiger charge is -2.29. The van der Waals surface area contributed by atoms with E-state index in [1.54, 1.807) is 0 Å². The minimum Gasteiger partial charge on any atom is -0.465 e. The number of hydrogen-bond acceptors (Lipinski definition) is 5. The molecule has 0 aromatic heterocycles. The summed E-state index contributed by atoms with van der Waals surface area (Å²) in [6.45, 7) is 7.43. The van der Waals surface area contributed by atoms with E-state index in [4.69, 9.17) is 4.74 Å². The van der Waals surface area contributed by atoms with E-state index < -0.39 is 5.54 Å². The maximum atomic E-state index is 12.2. The van der Waals surface area contributed by atoms with Gasteiger partial charge in [0.1, 0.15) is 5.54 Å². The smallest absolute Gasteiger partial charge is 0.326 e. The number of nitrogens with zero attached hydrogens (tertiary/aromatic N) is 2. The second-order valence-corrected chi connectivity index (χ2v) is 6.68. The number of carbonyl (C=O) groups excluding carboxylic acids is 1. The number of ether oxygens (including phenoxy) is 1. The van der Waals surface area contributed by atoms with Crippen molar-refractivity contribution >= 4 is 5.97 Å². The van der Waals surface area contributed by atoms with Gasteiger partial charge in [-0.2, -0.15) is 0 Å². The van der Waals surface area contributed by atoms with Gasteiger partial charge in [-0.25, -0.2) is 0 Å². The Morgan fingerprint density at radius 3 is 2.43 bits per heavy atom. The molecule has 5 heteroatoms. The molecule has 0 bridgehead atoms. The first kappa shape index (κ1) is 18.4. The maximum absolute atomic E-state index is 12.2. The van der Waals surface area contributed by atoms with Crippen LogP contribution in [0.25, 0.3) is 0 Å². The molecule has 0 spiro atoms. The zero-order chi connectivity index (χ0) is 15.9. The van der Waals surface area contributed by atoms with Crippen LogP contribution in [0.4, 0.5) is 0 Å². The molecule has 5 nitrogen and oxygen atoms in total. The average molecular weight is 299 g/mol. The fourth-order valence-corrected chi connectivity index (χ4v) is 2.39. The van der Waals surface area contributed by atoms with Gasteiger partial charge in [0, 0.05) is 19.1 Å². The second-order valence-electron chi connectivity index (χ2n) is 6.68. The van der Waals surface area contributed by atoms with Crippen molar-refractivity contribution < 1.29 is 9.53 Å². The van der Waals surface area contributed by atoms with Gasteiger partial charge in [0.05, 0.1) is 6.61 Å². The molecule has 1 rings (SSSR count). The van der Waals surface area contributed by atoms with Gasteiger partial charge < -0.3 is 14.5 Å². The van der Waals surface area contributed by atoms with Crippen LogP contribution in [0.2, 0.25) is 0 Å². The Labute approximate surface area is 130 Å². The standard InChI is InChI=1S/C16H33N3O2/c1-6-21-15(20)16(2,17-14-8-9-14)10-7-11-19(5)13-12-18(3)4/h14,17H,6-13H2,1-5H3. The Morgan fingerprint density at radius 2 is 1.90 bits per heavy atom. The van der Waals surface area contributed by atoms with E-state index in [1.165, 1.54) is 12.8 Å². The van der Waals surface area contributed by atoms with Gasteiger partial charge >= 0.3 is 5.97 Å². The monoisotopic (exact) mass is 299 g/mol. The molecule has 0 radical (unpaired) electrons. The summed E-state index contributed by atoms with van der Waals surface area (Å²) < 4.78 is 5.25. The van der Waals surface area contributed by atoms with Crippen LogP contribution in [0, 0.1) is 0 Å². The molecule has 1 atom stereocenters. The van der Waals surface area contributed by atoms with Gasteiger partial charge in [0.2, 0.25) is 0 Å². The van der Waals surface area contributed by atoms with E-state index in [0.717, 1.165) is 32.5 Å². The number of nitrogens with one attached hydrogen (secondary N) is 1. The van der Waals surface area contributed by atoms with Gasteiger partial charge in [-0.1, -0.05) is 0 Å². The van der Waals surface area contributed by atoms with Crippen LogP contribution in [0.1, 0.15) is 39.5 Å². The van der Waals surface area contributed by atoms with Gasteiger partial charge in [-0.3, -0.25) is 10.1 Å². The lowest BCUT2D eigenvalue weighted by molar-refractivity contribution is -0.151. The molecule has 1 unspecified atom stereocenters. The molecular formula is C16H33N3O2. The van der Waals surface area contributed by atoms with Crippen LogP contribution in [0.5, 0.6) is 0 Å². The minimum atomic E-state index is -0.528. The highest BCUT2D eigenvalue weighted by Crippen LogP contribution is 2.25. The van der Waals surface area contributed by atoms with Crippen LogP contribution in [0.15, 0.2) is 0 Å². The first-order chi connectivity index (χ1) is 9.87. The molecule has 0 amide bonds. The normalized spacial score (nSPS) is 18.0. The minimum absolute atomic E-state index is 0.104. The zero-order valence-corrected chi connectivity index (χ0v) is 14.4. The molecular weight excluding hydrogens is 266 g/mol. The van der Waals surface area contributed by atoms with Crippen molar-refractivity contribution in [2.75, 3.05) is 47.4 Å². The molecule has 1 aliphatic rings. The molecule has 0 saturated heterocycles. The molecule has 21 heavy (non-hydrogen) atoms. The number of likely N-dealkylation sites (N-methyl/N-ethyl adjacent to an activating group) is 2. The summed E-state index contributed by atoms with van der Waals surface area (Å²) in [5.74, 6) is -0.104. The molecule has 1 N–H and O–H groups in total. The van der Waals surface area contributed by atoms with Crippen molar-refractivity contribution in [2.24, 2.45) is 0 Å². The van der Waals surface area contributed by atoms with Crippen molar-refractivity contribution in [3.8, 4) is 0 Å². The van der Waals surface area contributed by atoms with Gasteiger partial charge in [0.25, 0.3) is 0 Å². The molecule has 0 heterocycles. The topological polar surface area (TPSA) is 44.8 Å². The third-order valence-corrected chi connectivity index (χ3v) is 3.97. The van der Waals surface area contributed by atoms with Crippen molar-refractivity contribution in [3.05, 3.63) is 0 Å². The number of hydrogen-bond donors (Lipinski definition) is 1. The number of esters is 1. The largest absolute Gasteiger partial charge is 0.465 e. The molecule has 0 aliphatic heterocycles. The van der Waals surface area contributed by atoms with Crippen LogP contribution in [-0.2, 0) is 9.53 Å². The van der Waals surface area contributed by atoms with E-state index >= 15 is 0 Å². The molecule has 0 aromatic carbocycles. The Morgan fingerprint density at radius 1 is 1.24 bits per heavy atom. The van der Waals surface area contributed by atoms with Gasteiger partial charge in [-0.15, -0.1) is 0 Å². The van der Waals surface area contributed by atoms with E-state index in [1.807, 2.05) is 13.8 Å². The third-order valence-electron chi connectivity index (χ3n) is 3.97. The van der Waals surface area contributed by atoms with Crippen LogP contribution < -0.4 is 5.32 Å². The highest BCUT2D eigenvalue weighted by molar-refractivity contribution is 5.80. The Bertz CT molecular complexity index is 319. The molecule has 1 fully saturated rings. The first-order valence-electron chi connectivity index (χ1n) is 8.15. The van der Waals surface area contributed by atoms with Gasteiger partial charge in [0.15, 0.2) is 0 Å². The summed E-state index contributed by atoms with van der Waals surface area (Å²) >= 11 is 0. The highest BCUT2D eigenvalue weighted by atomic mass is 16.5. The third kappa shape index (κ3) is 7.25. The average Bonchev–Trinajstić information content (AvgIpc) is 3.20. The maximum Gasteiger partial charge on any atom is 0.326 e. The fraction of sp³-hybridized carbons (Fsp3) is 0.938. The zero-order valence-electron chi connectivity index (χ0n) is 14.4. The quantitative estimate of drug-likeness (QED) is 0.583. The van der Waals surface area contributed by atoms with Crippen molar-refractivity contribution in [1.82, 2.24) is 15.1 Å². The van der Waals surface area contributed by atoms with Crippen LogP contribution in [-0.4, -0.2) is 74.7 Å².